The molecule has 3 aromatic rings. The van der Waals surface area contributed by atoms with Crippen LogP contribution in [0.2, 0.25) is 0 Å². The maximum absolute atomic E-state index is 13.4. The second-order valence-corrected chi connectivity index (χ2v) is 7.63. The highest BCUT2D eigenvalue weighted by Gasteiger charge is 2.30. The molecule has 0 bridgehead atoms. The normalized spacial score (nSPS) is 11.3. The van der Waals surface area contributed by atoms with Crippen molar-refractivity contribution in [3.8, 4) is 5.75 Å². The first-order valence-corrected chi connectivity index (χ1v) is 9.44. The molecule has 1 N–H and O–H groups in total. The molecular weight excluding hydrogens is 352 g/mol. The van der Waals surface area contributed by atoms with Gasteiger partial charge in [-0.15, -0.1) is 0 Å². The molecule has 0 unspecified atom stereocenters. The van der Waals surface area contributed by atoms with Crippen LogP contribution in [0.4, 0.5) is 5.69 Å². The maximum atomic E-state index is 13.4. The molecule has 0 spiro atoms. The zero-order valence-corrected chi connectivity index (χ0v) is 15.6. The summed E-state index contributed by atoms with van der Waals surface area (Å²) in [5.74, 6) is 0.656. The van der Waals surface area contributed by atoms with Crippen LogP contribution >= 0.6 is 0 Å². The average molecular weight is 372 g/mol. The van der Waals surface area contributed by atoms with E-state index in [9.17, 15) is 8.42 Å². The number of anilines is 1. The highest BCUT2D eigenvalue weighted by Crippen LogP contribution is 2.29. The van der Waals surface area contributed by atoms with E-state index in [1.165, 1.54) is 4.31 Å². The molecule has 0 aliphatic rings. The van der Waals surface area contributed by atoms with Crippen LogP contribution in [0.25, 0.3) is 0 Å². The van der Waals surface area contributed by atoms with E-state index in [0.29, 0.717) is 22.8 Å². The number of pyridine rings is 1. The summed E-state index contributed by atoms with van der Waals surface area (Å²) < 4.78 is 33.3. The van der Waals surface area contributed by atoms with Crippen molar-refractivity contribution in [3.05, 3.63) is 65.7 Å². The summed E-state index contributed by atoms with van der Waals surface area (Å²) >= 11 is 0. The summed E-state index contributed by atoms with van der Waals surface area (Å²) in [7, 11) is -2.25. The van der Waals surface area contributed by atoms with E-state index >= 15 is 0 Å². The Morgan fingerprint density at radius 2 is 1.88 bits per heavy atom. The third kappa shape index (κ3) is 3.41. The molecule has 0 amide bonds. The van der Waals surface area contributed by atoms with Gasteiger partial charge < -0.3 is 4.74 Å². The lowest BCUT2D eigenvalue weighted by Gasteiger charge is -2.25. The third-order valence-electron chi connectivity index (χ3n) is 4.02. The third-order valence-corrected chi connectivity index (χ3v) is 6.06. The summed E-state index contributed by atoms with van der Waals surface area (Å²) in [5.41, 5.74) is 2.26. The summed E-state index contributed by atoms with van der Waals surface area (Å²) in [4.78, 5) is 4.27. The smallest absolute Gasteiger partial charge is 0.268 e. The lowest BCUT2D eigenvalue weighted by atomic mass is 10.2. The van der Waals surface area contributed by atoms with Crippen LogP contribution in [0.1, 0.15) is 17.0 Å². The van der Waals surface area contributed by atoms with E-state index in [1.807, 2.05) is 6.07 Å². The molecule has 8 heteroatoms. The molecular formula is C18H20N4O3S. The number of nitrogens with one attached hydrogen (secondary N) is 1. The molecule has 0 aliphatic heterocycles. The van der Waals surface area contributed by atoms with Crippen LogP contribution in [0, 0.1) is 13.8 Å². The fraction of sp³-hybridized carbons (Fsp3) is 0.222. The number of benzene rings is 1. The fourth-order valence-corrected chi connectivity index (χ4v) is 4.54. The Balaban J connectivity index is 2.10. The van der Waals surface area contributed by atoms with Crippen LogP contribution in [-0.2, 0) is 16.6 Å². The molecule has 2 aromatic heterocycles. The maximum Gasteiger partial charge on any atom is 0.268 e. The van der Waals surface area contributed by atoms with Gasteiger partial charge in [0.25, 0.3) is 10.0 Å². The van der Waals surface area contributed by atoms with Gasteiger partial charge in [-0.3, -0.25) is 14.4 Å². The lowest BCUT2D eigenvalue weighted by molar-refractivity contribution is 0.415. The number of rotatable bonds is 6. The number of aromatic amines is 1. The van der Waals surface area contributed by atoms with E-state index in [2.05, 4.69) is 15.2 Å². The number of aryl methyl sites for hydroxylation is 2. The number of sulfonamides is 1. The number of methoxy groups -OCH3 is 1. The van der Waals surface area contributed by atoms with Crippen molar-refractivity contribution in [1.82, 2.24) is 15.2 Å². The summed E-state index contributed by atoms with van der Waals surface area (Å²) in [6, 6.07) is 10.5. The first kappa shape index (κ1) is 17.9. The van der Waals surface area contributed by atoms with Gasteiger partial charge in [0.05, 0.1) is 30.7 Å². The average Bonchev–Trinajstić information content (AvgIpc) is 2.99. The molecule has 26 heavy (non-hydrogen) atoms. The molecule has 0 radical (unpaired) electrons. The van der Waals surface area contributed by atoms with E-state index < -0.39 is 10.0 Å². The number of aromatic nitrogens is 3. The molecule has 0 fully saturated rings. The molecule has 136 valence electrons. The van der Waals surface area contributed by atoms with E-state index in [-0.39, 0.29) is 11.4 Å². The van der Waals surface area contributed by atoms with Gasteiger partial charge in [-0.2, -0.15) is 5.10 Å². The second kappa shape index (κ2) is 7.17. The Bertz CT molecular complexity index is 964. The Hall–Kier alpha value is -2.87. The molecule has 0 aliphatic carbocycles. The Labute approximate surface area is 152 Å². The minimum Gasteiger partial charge on any atom is -0.497 e. The largest absolute Gasteiger partial charge is 0.497 e. The highest BCUT2D eigenvalue weighted by molar-refractivity contribution is 7.92. The molecule has 0 saturated heterocycles. The van der Waals surface area contributed by atoms with Crippen molar-refractivity contribution in [2.75, 3.05) is 11.4 Å². The summed E-state index contributed by atoms with van der Waals surface area (Å²) in [6.45, 7) is 3.53. The van der Waals surface area contributed by atoms with Crippen molar-refractivity contribution < 1.29 is 13.2 Å². The van der Waals surface area contributed by atoms with Gasteiger partial charge in [0.2, 0.25) is 0 Å². The number of ether oxygens (including phenoxy) is 1. The van der Waals surface area contributed by atoms with Crippen molar-refractivity contribution in [1.29, 1.82) is 0 Å². The van der Waals surface area contributed by atoms with Gasteiger partial charge in [-0.1, -0.05) is 6.07 Å². The lowest BCUT2D eigenvalue weighted by Crippen LogP contribution is -2.31. The standard InChI is InChI=1S/C18H20N4O3S/c1-13-18(14(2)21-20-13)26(23,24)22(12-15-5-4-10-19-11-15)16-6-8-17(25-3)9-7-16/h4-11H,12H2,1-3H3,(H,20,21). The van der Waals surface area contributed by atoms with Crippen LogP contribution in [-0.4, -0.2) is 30.7 Å². The molecule has 2 heterocycles. The fourth-order valence-electron chi connectivity index (χ4n) is 2.75. The van der Waals surface area contributed by atoms with Gasteiger partial charge in [0, 0.05) is 12.4 Å². The first-order valence-electron chi connectivity index (χ1n) is 8.00. The van der Waals surface area contributed by atoms with Crippen LogP contribution in [0.15, 0.2) is 53.7 Å². The zero-order chi connectivity index (χ0) is 18.7. The van der Waals surface area contributed by atoms with Crippen molar-refractivity contribution in [2.24, 2.45) is 0 Å². The van der Waals surface area contributed by atoms with Gasteiger partial charge in [-0.05, 0) is 49.7 Å². The van der Waals surface area contributed by atoms with Gasteiger partial charge in [-0.25, -0.2) is 8.42 Å². The molecule has 0 saturated carbocycles. The van der Waals surface area contributed by atoms with E-state index in [4.69, 9.17) is 4.74 Å². The number of nitrogens with zero attached hydrogens (tertiary/aromatic N) is 3. The van der Waals surface area contributed by atoms with Crippen LogP contribution in [0.5, 0.6) is 5.75 Å². The van der Waals surface area contributed by atoms with Crippen molar-refractivity contribution in [2.45, 2.75) is 25.3 Å². The van der Waals surface area contributed by atoms with Crippen LogP contribution in [0.3, 0.4) is 0 Å². The SMILES string of the molecule is COc1ccc(N(Cc2cccnc2)S(=O)(=O)c2c(C)n[nH]c2C)cc1. The van der Waals surface area contributed by atoms with Crippen molar-refractivity contribution in [3.63, 3.8) is 0 Å². The van der Waals surface area contributed by atoms with Crippen LogP contribution < -0.4 is 9.04 Å². The summed E-state index contributed by atoms with van der Waals surface area (Å²) in [5, 5.41) is 6.77. The van der Waals surface area contributed by atoms with E-state index in [1.54, 1.807) is 63.7 Å². The van der Waals surface area contributed by atoms with Gasteiger partial charge in [0.1, 0.15) is 10.6 Å². The quantitative estimate of drug-likeness (QED) is 0.719. The molecule has 1 aromatic carbocycles. The second-order valence-electron chi connectivity index (χ2n) is 5.83. The monoisotopic (exact) mass is 372 g/mol. The summed E-state index contributed by atoms with van der Waals surface area (Å²) in [6.07, 6.45) is 3.31. The van der Waals surface area contributed by atoms with Gasteiger partial charge >= 0.3 is 0 Å². The highest BCUT2D eigenvalue weighted by atomic mass is 32.2. The minimum absolute atomic E-state index is 0.159. The van der Waals surface area contributed by atoms with Gasteiger partial charge in [0.15, 0.2) is 0 Å². The predicted octanol–water partition coefficient (Wildman–Crippen LogP) is 2.83. The molecule has 3 rings (SSSR count). The first-order chi connectivity index (χ1) is 12.4. The van der Waals surface area contributed by atoms with E-state index in [0.717, 1.165) is 5.56 Å². The number of H-pyrrole nitrogens is 1. The molecule has 7 nitrogen and oxygen atoms in total. The Morgan fingerprint density at radius 1 is 1.15 bits per heavy atom. The van der Waals surface area contributed by atoms with Crippen molar-refractivity contribution >= 4 is 15.7 Å². The minimum atomic E-state index is -3.82. The topological polar surface area (TPSA) is 88.2 Å². The predicted molar refractivity (Wildman–Crippen MR) is 98.7 cm³/mol. The number of hydrogen-bond donors (Lipinski definition) is 1. The Kier molecular flexibility index (Phi) is 4.94. The number of hydrogen-bond acceptors (Lipinski definition) is 5. The molecule has 0 atom stereocenters. The Morgan fingerprint density at radius 3 is 2.42 bits per heavy atom. The zero-order valence-electron chi connectivity index (χ0n) is 14.8.